The molecule has 3 aromatic heterocycles. The third kappa shape index (κ3) is 5.04. The van der Waals surface area contributed by atoms with Gasteiger partial charge in [0.2, 0.25) is 0 Å². The van der Waals surface area contributed by atoms with E-state index in [2.05, 4.69) is 19.8 Å². The second-order valence-corrected chi connectivity index (χ2v) is 8.97. The number of hydrogen-bond donors (Lipinski definition) is 1. The van der Waals surface area contributed by atoms with Crippen LogP contribution in [0.1, 0.15) is 10.4 Å². The van der Waals surface area contributed by atoms with E-state index in [0.29, 0.717) is 10.9 Å². The fourth-order valence-corrected chi connectivity index (χ4v) is 4.24. The van der Waals surface area contributed by atoms with Crippen LogP contribution in [-0.4, -0.2) is 26.0 Å². The van der Waals surface area contributed by atoms with Crippen LogP contribution >= 0.6 is 23.3 Å². The molecule has 0 aliphatic heterocycles. The number of nitrogens with one attached hydrogen (secondary N) is 1. The van der Waals surface area contributed by atoms with Crippen LogP contribution in [-0.2, 0) is 13.6 Å². The van der Waals surface area contributed by atoms with Crippen molar-refractivity contribution in [3.8, 4) is 11.1 Å². The minimum atomic E-state index is 0.0157. The maximum absolute atomic E-state index is 13.0. The van der Waals surface area contributed by atoms with Gasteiger partial charge in [0.25, 0.3) is 0 Å². The number of thiazole rings is 1. The van der Waals surface area contributed by atoms with E-state index in [-0.39, 0.29) is 5.43 Å². The fourth-order valence-electron chi connectivity index (χ4n) is 3.32. The normalized spacial score (nSPS) is 10.8. The molecule has 0 saturated heterocycles. The summed E-state index contributed by atoms with van der Waals surface area (Å²) < 4.78 is 4.88. The Bertz CT molecular complexity index is 1410. The first kappa shape index (κ1) is 22.1. The maximum Gasteiger partial charge on any atom is 0.195 e. The van der Waals surface area contributed by atoms with Gasteiger partial charge in [-0.15, -0.1) is 11.3 Å². The summed E-state index contributed by atoms with van der Waals surface area (Å²) in [5, 5.41) is 6.47. The van der Waals surface area contributed by atoms with E-state index in [0.717, 1.165) is 34.0 Å². The van der Waals surface area contributed by atoms with Crippen LogP contribution < -0.4 is 10.2 Å². The summed E-state index contributed by atoms with van der Waals surface area (Å²) in [5.41, 5.74) is 5.49. The van der Waals surface area contributed by atoms with E-state index in [1.807, 2.05) is 74.5 Å². The van der Waals surface area contributed by atoms with Gasteiger partial charge in [0.1, 0.15) is 0 Å². The van der Waals surface area contributed by atoms with E-state index in [9.17, 15) is 4.79 Å². The van der Waals surface area contributed by atoms with Gasteiger partial charge in [0, 0.05) is 59.0 Å². The molecule has 1 N–H and O–H groups in total. The van der Waals surface area contributed by atoms with E-state index >= 15 is 0 Å². The van der Waals surface area contributed by atoms with Crippen molar-refractivity contribution in [1.82, 2.24) is 24.5 Å². The van der Waals surface area contributed by atoms with Crippen LogP contribution in [0.2, 0.25) is 0 Å². The van der Waals surface area contributed by atoms with Crippen molar-refractivity contribution in [1.29, 1.82) is 0 Å². The summed E-state index contributed by atoms with van der Waals surface area (Å²) in [7, 11) is 1.87. The highest BCUT2D eigenvalue weighted by Gasteiger charge is 2.07. The maximum atomic E-state index is 13.0. The predicted molar refractivity (Wildman–Crippen MR) is 135 cm³/mol. The Morgan fingerprint density at radius 2 is 1.91 bits per heavy atom. The molecule has 162 valence electrons. The van der Waals surface area contributed by atoms with Crippen molar-refractivity contribution < 1.29 is 0 Å². The summed E-state index contributed by atoms with van der Waals surface area (Å²) in [4.78, 5) is 22.7. The molecule has 6 nitrogen and oxygen atoms in total. The van der Waals surface area contributed by atoms with Crippen LogP contribution in [0.3, 0.4) is 0 Å². The van der Waals surface area contributed by atoms with Crippen LogP contribution in [0, 0.1) is 6.92 Å². The summed E-state index contributed by atoms with van der Waals surface area (Å²) in [6, 6.07) is 11.7. The Labute approximate surface area is 194 Å². The highest BCUT2D eigenvalue weighted by molar-refractivity contribution is 7.96. The number of aromatic nitrogens is 4. The number of fused-ring (bicyclic) bond motifs is 2. The van der Waals surface area contributed by atoms with Gasteiger partial charge < -0.3 is 0 Å². The van der Waals surface area contributed by atoms with Crippen LogP contribution in [0.15, 0.2) is 71.5 Å². The number of benzene rings is 1. The van der Waals surface area contributed by atoms with E-state index in [1.165, 1.54) is 4.88 Å². The number of rotatable bonds is 4. The first-order valence-electron chi connectivity index (χ1n) is 10.0. The summed E-state index contributed by atoms with van der Waals surface area (Å²) in [6.45, 7) is 2.92. The molecule has 0 fully saturated rings. The quantitative estimate of drug-likeness (QED) is 0.381. The van der Waals surface area contributed by atoms with Gasteiger partial charge in [-0.2, -0.15) is 5.10 Å². The van der Waals surface area contributed by atoms with Gasteiger partial charge in [0.05, 0.1) is 17.2 Å². The second kappa shape index (κ2) is 10.0. The van der Waals surface area contributed by atoms with Crippen LogP contribution in [0.4, 0.5) is 0 Å². The zero-order valence-electron chi connectivity index (χ0n) is 18.1. The molecular weight excluding hydrogens is 438 g/mol. The lowest BCUT2D eigenvalue weighted by Gasteiger charge is -1.98. The number of aryl methyl sites for hydroxylation is 2. The molecule has 2 aromatic carbocycles. The van der Waals surface area contributed by atoms with Gasteiger partial charge in [-0.25, -0.2) is 0 Å². The van der Waals surface area contributed by atoms with Gasteiger partial charge in [-0.05, 0) is 36.8 Å². The molecule has 0 unspecified atom stereocenters. The van der Waals surface area contributed by atoms with Gasteiger partial charge >= 0.3 is 0 Å². The standard InChI is InChI=1S/C19H15N3O.C5H8N2S2/c1-12-3-4-13-5-6-18-17(19(23)16(13)7-12)8-14(9-20-18)15-10-21-22(2)11-15;1-8-7-3-5-2-6-4-9-5/h3-11H,1-2H3;2,4,7H,3H2,1H3. The van der Waals surface area contributed by atoms with E-state index in [1.54, 1.807) is 40.4 Å². The van der Waals surface area contributed by atoms with Gasteiger partial charge in [0.15, 0.2) is 5.43 Å². The summed E-state index contributed by atoms with van der Waals surface area (Å²) >= 11 is 3.30. The lowest BCUT2D eigenvalue weighted by Crippen LogP contribution is -1.99. The average Bonchev–Trinajstić information content (AvgIpc) is 3.46. The second-order valence-electron chi connectivity index (χ2n) is 7.31. The minimum Gasteiger partial charge on any atom is -0.289 e. The topological polar surface area (TPSA) is 72.7 Å². The molecule has 0 spiro atoms. The molecule has 0 aliphatic carbocycles. The Morgan fingerprint density at radius 3 is 2.62 bits per heavy atom. The minimum absolute atomic E-state index is 0.0157. The fraction of sp³-hybridized carbons (Fsp3) is 0.167. The zero-order valence-corrected chi connectivity index (χ0v) is 19.7. The monoisotopic (exact) mass is 461 g/mol. The Balaban J connectivity index is 0.000000230. The first-order valence-corrected chi connectivity index (χ1v) is 12.1. The SMILES string of the molecule is CSNCc1cncs1.Cc1ccc2ccc3ncc(-c4cnn(C)c4)cc3c(=O)c2c1. The highest BCUT2D eigenvalue weighted by Crippen LogP contribution is 2.22. The lowest BCUT2D eigenvalue weighted by molar-refractivity contribution is 0.768. The molecular formula is C24H23N5OS2. The van der Waals surface area contributed by atoms with Crippen molar-refractivity contribution in [3.63, 3.8) is 0 Å². The molecule has 32 heavy (non-hydrogen) atoms. The highest BCUT2D eigenvalue weighted by atomic mass is 32.2. The molecule has 0 atom stereocenters. The van der Waals surface area contributed by atoms with Gasteiger partial charge in [-0.1, -0.05) is 35.7 Å². The van der Waals surface area contributed by atoms with Crippen molar-refractivity contribution >= 4 is 45.0 Å². The molecule has 0 bridgehead atoms. The zero-order chi connectivity index (χ0) is 22.5. The summed E-state index contributed by atoms with van der Waals surface area (Å²) in [6.07, 6.45) is 9.38. The largest absolute Gasteiger partial charge is 0.289 e. The Hall–Kier alpha value is -3.07. The smallest absolute Gasteiger partial charge is 0.195 e. The molecule has 0 radical (unpaired) electrons. The van der Waals surface area contributed by atoms with Crippen molar-refractivity contribution in [2.45, 2.75) is 13.5 Å². The first-order chi connectivity index (χ1) is 15.5. The molecule has 5 aromatic rings. The lowest BCUT2D eigenvalue weighted by atomic mass is 10.1. The number of hydrogen-bond acceptors (Lipinski definition) is 7. The molecule has 0 aliphatic rings. The molecule has 0 saturated carbocycles. The average molecular weight is 462 g/mol. The van der Waals surface area contributed by atoms with Crippen molar-refractivity contribution in [2.75, 3.05) is 6.26 Å². The predicted octanol–water partition coefficient (Wildman–Crippen LogP) is 4.97. The third-order valence-corrected chi connectivity index (χ3v) is 6.16. The third-order valence-electron chi connectivity index (χ3n) is 4.95. The van der Waals surface area contributed by atoms with Crippen LogP contribution in [0.5, 0.6) is 0 Å². The number of pyridine rings is 1. The van der Waals surface area contributed by atoms with E-state index in [4.69, 9.17) is 0 Å². The number of nitrogens with zero attached hydrogens (tertiary/aromatic N) is 4. The molecule has 8 heteroatoms. The van der Waals surface area contributed by atoms with Gasteiger partial charge in [-0.3, -0.25) is 24.2 Å². The van der Waals surface area contributed by atoms with Crippen LogP contribution in [0.25, 0.3) is 32.8 Å². The molecule has 0 amide bonds. The summed E-state index contributed by atoms with van der Waals surface area (Å²) in [5.74, 6) is 0. The Morgan fingerprint density at radius 1 is 1.06 bits per heavy atom. The Kier molecular flexibility index (Phi) is 6.94. The van der Waals surface area contributed by atoms with E-state index < -0.39 is 0 Å². The molecule has 5 rings (SSSR count). The van der Waals surface area contributed by atoms with Crippen molar-refractivity contribution in [3.05, 3.63) is 87.4 Å². The molecule has 3 heterocycles. The van der Waals surface area contributed by atoms with Crippen molar-refractivity contribution in [2.24, 2.45) is 7.05 Å².